The summed E-state index contributed by atoms with van der Waals surface area (Å²) in [5, 5.41) is 10.5. The van der Waals surface area contributed by atoms with E-state index in [2.05, 4.69) is 33.8 Å². The molecule has 0 bridgehead atoms. The molecule has 2 fully saturated rings. The fourth-order valence-corrected chi connectivity index (χ4v) is 4.93. The maximum atomic E-state index is 8.88. The molecule has 152 valence electrons. The topological polar surface area (TPSA) is 51.9 Å². The number of benzene rings is 1. The Kier molecular flexibility index (Phi) is 8.04. The van der Waals surface area contributed by atoms with Crippen LogP contribution in [0.4, 0.5) is 0 Å². The molecule has 0 aliphatic carbocycles. The van der Waals surface area contributed by atoms with Crippen LogP contribution in [0.5, 0.6) is 0 Å². The smallest absolute Gasteiger partial charge is 0.208 e. The van der Waals surface area contributed by atoms with Crippen LogP contribution >= 0.6 is 23.4 Å². The molecule has 0 unspecified atom stereocenters. The predicted octanol–water partition coefficient (Wildman–Crippen LogP) is 4.03. The number of nitrogens with zero attached hydrogens (tertiary/aromatic N) is 4. The van der Waals surface area contributed by atoms with Crippen molar-refractivity contribution >= 4 is 28.5 Å². The van der Waals surface area contributed by atoms with E-state index in [1.807, 2.05) is 24.6 Å². The number of morpholine rings is 1. The number of aryl methyl sites for hydroxylation is 1. The Bertz CT molecular complexity index is 697. The summed E-state index contributed by atoms with van der Waals surface area (Å²) in [6, 6.07) is 9.21. The van der Waals surface area contributed by atoms with E-state index in [1.165, 1.54) is 5.56 Å². The molecule has 0 N–H and O–H groups in total. The first-order valence-electron chi connectivity index (χ1n) is 9.98. The van der Waals surface area contributed by atoms with Crippen molar-refractivity contribution in [2.45, 2.75) is 50.8 Å². The van der Waals surface area contributed by atoms with Crippen LogP contribution in [0.3, 0.4) is 0 Å². The zero-order valence-electron chi connectivity index (χ0n) is 16.7. The lowest BCUT2D eigenvalue weighted by Crippen LogP contribution is -2.56. The third-order valence-electron chi connectivity index (χ3n) is 5.72. The quantitative estimate of drug-likeness (QED) is 0.418. The van der Waals surface area contributed by atoms with Gasteiger partial charge in [-0.25, -0.2) is 0 Å². The minimum atomic E-state index is 0.284. The minimum Gasteiger partial charge on any atom is -0.376 e. The van der Waals surface area contributed by atoms with Gasteiger partial charge in [-0.3, -0.25) is 4.90 Å². The summed E-state index contributed by atoms with van der Waals surface area (Å²) in [7, 11) is 0. The Labute approximate surface area is 177 Å². The van der Waals surface area contributed by atoms with Crippen LogP contribution in [0.15, 0.2) is 29.3 Å². The molecule has 7 heteroatoms. The number of thioether (sulfide) groups is 1. The van der Waals surface area contributed by atoms with E-state index in [4.69, 9.17) is 21.6 Å². The van der Waals surface area contributed by atoms with Gasteiger partial charge in [-0.15, -0.1) is 4.99 Å². The molecule has 1 aromatic rings. The van der Waals surface area contributed by atoms with Crippen LogP contribution in [-0.4, -0.2) is 65.7 Å². The van der Waals surface area contributed by atoms with E-state index in [1.54, 1.807) is 11.8 Å². The molecule has 0 spiro atoms. The second-order valence-electron chi connectivity index (χ2n) is 7.58. The van der Waals surface area contributed by atoms with Gasteiger partial charge in [0.15, 0.2) is 5.17 Å². The maximum Gasteiger partial charge on any atom is 0.208 e. The van der Waals surface area contributed by atoms with Crippen molar-refractivity contribution < 1.29 is 4.74 Å². The molecular weight excluding hydrogens is 392 g/mol. The minimum absolute atomic E-state index is 0.284. The fourth-order valence-electron chi connectivity index (χ4n) is 4.23. The van der Waals surface area contributed by atoms with E-state index in [-0.39, 0.29) is 6.10 Å². The third-order valence-corrected chi connectivity index (χ3v) is 6.69. The first-order valence-corrected chi connectivity index (χ1v) is 11.6. The van der Waals surface area contributed by atoms with Crippen molar-refractivity contribution in [1.82, 2.24) is 9.80 Å². The summed E-state index contributed by atoms with van der Waals surface area (Å²) < 4.78 is 6.00. The molecule has 3 rings (SSSR count). The Morgan fingerprint density at radius 3 is 2.68 bits per heavy atom. The van der Waals surface area contributed by atoms with Crippen molar-refractivity contribution in [2.75, 3.05) is 32.5 Å². The standard InChI is InChI=1S/C21H29ClN4OS/c1-16-13-26(19-9-11-25(12-10-19)21(28-2)24-15-23)20(14-27-16)8-5-17-3-6-18(22)7-4-17/h3-4,6-7,16,19-20H,5,8-14H2,1-2H3/b24-21-/t16-,20-/m0/s1. The summed E-state index contributed by atoms with van der Waals surface area (Å²) in [6.07, 6.45) is 8.55. The molecule has 0 saturated carbocycles. The lowest BCUT2D eigenvalue weighted by atomic mass is 9.96. The molecular formula is C21H29ClN4OS. The number of aliphatic imine (C=N–C) groups is 1. The highest BCUT2D eigenvalue weighted by Crippen LogP contribution is 2.26. The highest BCUT2D eigenvalue weighted by atomic mass is 35.5. The maximum absolute atomic E-state index is 8.88. The zero-order chi connectivity index (χ0) is 19.9. The molecule has 0 amide bonds. The third kappa shape index (κ3) is 5.64. The number of nitriles is 1. The summed E-state index contributed by atoms with van der Waals surface area (Å²) in [6.45, 7) is 5.89. The SMILES string of the molecule is CS/C(=N\C#N)N1CCC(N2C[C@H](C)OC[C@@H]2CCc2ccc(Cl)cc2)CC1. The van der Waals surface area contributed by atoms with Crippen LogP contribution in [0.1, 0.15) is 31.7 Å². The van der Waals surface area contributed by atoms with Crippen molar-refractivity contribution in [3.63, 3.8) is 0 Å². The number of halogens is 1. The number of ether oxygens (including phenoxy) is 1. The van der Waals surface area contributed by atoms with E-state index >= 15 is 0 Å². The van der Waals surface area contributed by atoms with Gasteiger partial charge in [-0.1, -0.05) is 35.5 Å². The Morgan fingerprint density at radius 1 is 1.32 bits per heavy atom. The van der Waals surface area contributed by atoms with Gasteiger partial charge in [0.1, 0.15) is 0 Å². The summed E-state index contributed by atoms with van der Waals surface area (Å²) >= 11 is 7.56. The molecule has 2 aliphatic rings. The average Bonchev–Trinajstić information content (AvgIpc) is 2.72. The Hall–Kier alpha value is -1.26. The van der Waals surface area contributed by atoms with E-state index in [9.17, 15) is 0 Å². The van der Waals surface area contributed by atoms with E-state index in [0.717, 1.165) is 62.1 Å². The molecule has 2 aliphatic heterocycles. The second kappa shape index (κ2) is 10.5. The highest BCUT2D eigenvalue weighted by Gasteiger charge is 2.34. The Balaban J connectivity index is 1.59. The zero-order valence-corrected chi connectivity index (χ0v) is 18.3. The molecule has 2 saturated heterocycles. The van der Waals surface area contributed by atoms with Crippen molar-refractivity contribution in [3.05, 3.63) is 34.9 Å². The number of likely N-dealkylation sites (tertiary alicyclic amines) is 1. The van der Waals surface area contributed by atoms with Gasteiger partial charge in [-0.05, 0) is 56.6 Å². The lowest BCUT2D eigenvalue weighted by molar-refractivity contribution is -0.0798. The van der Waals surface area contributed by atoms with Gasteiger partial charge in [0.05, 0.1) is 12.7 Å². The van der Waals surface area contributed by atoms with Crippen LogP contribution in [-0.2, 0) is 11.2 Å². The Morgan fingerprint density at radius 2 is 2.04 bits per heavy atom. The fraction of sp³-hybridized carbons (Fsp3) is 0.619. The number of rotatable bonds is 4. The molecule has 2 heterocycles. The number of amidine groups is 1. The van der Waals surface area contributed by atoms with Crippen molar-refractivity contribution in [3.8, 4) is 6.19 Å². The summed E-state index contributed by atoms with van der Waals surface area (Å²) in [4.78, 5) is 8.90. The highest BCUT2D eigenvalue weighted by molar-refractivity contribution is 8.13. The summed E-state index contributed by atoms with van der Waals surface area (Å²) in [5.74, 6) is 0. The van der Waals surface area contributed by atoms with Crippen molar-refractivity contribution in [2.24, 2.45) is 4.99 Å². The van der Waals surface area contributed by atoms with Crippen LogP contribution in [0.2, 0.25) is 5.02 Å². The van der Waals surface area contributed by atoms with Gasteiger partial charge >= 0.3 is 0 Å². The van der Waals surface area contributed by atoms with Crippen LogP contribution < -0.4 is 0 Å². The summed E-state index contributed by atoms with van der Waals surface area (Å²) in [5.41, 5.74) is 1.33. The van der Waals surface area contributed by atoms with Crippen LogP contribution in [0.25, 0.3) is 0 Å². The second-order valence-corrected chi connectivity index (χ2v) is 8.79. The average molecular weight is 421 g/mol. The van der Waals surface area contributed by atoms with Gasteiger partial charge in [0.25, 0.3) is 0 Å². The molecule has 5 nitrogen and oxygen atoms in total. The molecule has 1 aromatic carbocycles. The largest absolute Gasteiger partial charge is 0.376 e. The van der Waals surface area contributed by atoms with Gasteiger partial charge in [0, 0.05) is 36.7 Å². The van der Waals surface area contributed by atoms with E-state index in [0.29, 0.717) is 12.1 Å². The number of hydrogen-bond donors (Lipinski definition) is 0. The first-order chi connectivity index (χ1) is 13.6. The molecule has 0 radical (unpaired) electrons. The molecule has 28 heavy (non-hydrogen) atoms. The monoisotopic (exact) mass is 420 g/mol. The van der Waals surface area contributed by atoms with Gasteiger partial charge in [-0.2, -0.15) is 5.26 Å². The number of hydrogen-bond acceptors (Lipinski definition) is 5. The molecule has 2 atom stereocenters. The van der Waals surface area contributed by atoms with Crippen molar-refractivity contribution in [1.29, 1.82) is 5.26 Å². The first kappa shape index (κ1) is 21.4. The van der Waals surface area contributed by atoms with Gasteiger partial charge < -0.3 is 9.64 Å². The number of piperidine rings is 1. The van der Waals surface area contributed by atoms with Crippen LogP contribution in [0, 0.1) is 11.5 Å². The predicted molar refractivity (Wildman–Crippen MR) is 117 cm³/mol. The normalized spacial score (nSPS) is 24.9. The molecule has 0 aromatic heterocycles. The van der Waals surface area contributed by atoms with Gasteiger partial charge in [0.2, 0.25) is 6.19 Å². The lowest BCUT2D eigenvalue weighted by Gasteiger charge is -2.46. The van der Waals surface area contributed by atoms with E-state index < -0.39 is 0 Å².